The summed E-state index contributed by atoms with van der Waals surface area (Å²) >= 11 is 0. The highest BCUT2D eigenvalue weighted by molar-refractivity contribution is 5.94. The lowest BCUT2D eigenvalue weighted by molar-refractivity contribution is -0.135. The molecule has 0 amide bonds. The van der Waals surface area contributed by atoms with Crippen LogP contribution in [0.4, 0.5) is 0 Å². The summed E-state index contributed by atoms with van der Waals surface area (Å²) in [7, 11) is 16.0. The van der Waals surface area contributed by atoms with E-state index in [9.17, 15) is 19.2 Å². The second-order valence-corrected chi connectivity index (χ2v) is 22.9. The molecule has 4 aromatic heterocycles. The number of hydrogen-bond acceptors (Lipinski definition) is 20. The Bertz CT molecular complexity index is 3280. The number of benzene rings is 4. The molecule has 0 saturated heterocycles. The summed E-state index contributed by atoms with van der Waals surface area (Å²) in [5.74, 6) is -0.274. The van der Waals surface area contributed by atoms with E-state index < -0.39 is 11.9 Å². The van der Waals surface area contributed by atoms with E-state index in [0.29, 0.717) is 98.6 Å². The number of ether oxygens (including phenoxy) is 4. The van der Waals surface area contributed by atoms with E-state index in [-0.39, 0.29) is 37.6 Å². The van der Waals surface area contributed by atoms with Crippen molar-refractivity contribution in [2.75, 3.05) is 82.6 Å². The second kappa shape index (κ2) is 32.8. The summed E-state index contributed by atoms with van der Waals surface area (Å²) in [4.78, 5) is 61.8. The summed E-state index contributed by atoms with van der Waals surface area (Å²) in [6, 6.07) is 25.2. The molecule has 0 unspecified atom stereocenters. The molecule has 0 aliphatic rings. The molecule has 0 aliphatic heterocycles. The first-order chi connectivity index (χ1) is 42.5. The second-order valence-electron chi connectivity index (χ2n) is 22.9. The van der Waals surface area contributed by atoms with Crippen LogP contribution in [-0.4, -0.2) is 186 Å². The fraction of sp³-hybridized carbons (Fsp3) is 0.438. The molecule has 24 heteroatoms. The number of rotatable bonds is 35. The van der Waals surface area contributed by atoms with Crippen molar-refractivity contribution in [2.24, 2.45) is 0 Å². The van der Waals surface area contributed by atoms with E-state index >= 15 is 0 Å². The predicted molar refractivity (Wildman–Crippen MR) is 331 cm³/mol. The molecule has 466 valence electrons. The van der Waals surface area contributed by atoms with Crippen LogP contribution in [-0.2, 0) is 71.0 Å². The fourth-order valence-corrected chi connectivity index (χ4v) is 9.37. The monoisotopic (exact) mass is 1200 g/mol. The van der Waals surface area contributed by atoms with Crippen molar-refractivity contribution >= 4 is 23.9 Å². The normalized spacial score (nSPS) is 11.5. The molecular weight excluding hydrogens is 1120 g/mol. The summed E-state index contributed by atoms with van der Waals surface area (Å²) < 4.78 is 31.0. The molecule has 8 aromatic rings. The SMILES string of the molecule is CN(C)CCn1cc(CCCC(=O)Oc2ccc(-c3ccc(OC(=O)CCCc4cn(CCN(C)C)nn4)cc3-c3cc(OC(=O)CCCc4cn(CCN(C)C)nn4)ccc3-c3ccc(OC(=O)CCCc4cn(CCN(C)C)nn4)cc3)cc2)nn1. The van der Waals surface area contributed by atoms with Gasteiger partial charge >= 0.3 is 23.9 Å². The number of aryl methyl sites for hydroxylation is 4. The highest BCUT2D eigenvalue weighted by Gasteiger charge is 2.20. The van der Waals surface area contributed by atoms with Gasteiger partial charge < -0.3 is 38.5 Å². The predicted octanol–water partition coefficient (Wildman–Crippen LogP) is 7.01. The van der Waals surface area contributed by atoms with Crippen LogP contribution in [0.1, 0.15) is 74.1 Å². The van der Waals surface area contributed by atoms with E-state index in [4.69, 9.17) is 18.9 Å². The first-order valence-corrected chi connectivity index (χ1v) is 29.9. The maximum Gasteiger partial charge on any atom is 0.311 e. The van der Waals surface area contributed by atoms with Crippen molar-refractivity contribution in [1.82, 2.24) is 79.6 Å². The molecule has 0 spiro atoms. The van der Waals surface area contributed by atoms with Gasteiger partial charge in [0.1, 0.15) is 23.0 Å². The van der Waals surface area contributed by atoms with E-state index in [1.54, 1.807) is 67.3 Å². The Morgan fingerprint density at radius 2 is 0.591 bits per heavy atom. The maximum absolute atomic E-state index is 13.6. The average molecular weight is 1200 g/mol. The molecule has 24 nitrogen and oxygen atoms in total. The van der Waals surface area contributed by atoms with Gasteiger partial charge in [-0.2, -0.15) is 0 Å². The van der Waals surface area contributed by atoms with Crippen LogP contribution in [0.15, 0.2) is 110 Å². The molecule has 0 aliphatic carbocycles. The Hall–Kier alpha value is -8.84. The molecule has 88 heavy (non-hydrogen) atoms. The Morgan fingerprint density at radius 3 is 0.852 bits per heavy atom. The Kier molecular flexibility index (Phi) is 24.3. The third-order valence-corrected chi connectivity index (χ3v) is 14.2. The van der Waals surface area contributed by atoms with Crippen molar-refractivity contribution < 1.29 is 38.1 Å². The number of nitrogens with zero attached hydrogens (tertiary/aromatic N) is 16. The van der Waals surface area contributed by atoms with Crippen LogP contribution in [0.3, 0.4) is 0 Å². The van der Waals surface area contributed by atoms with E-state index in [2.05, 4.69) is 60.8 Å². The summed E-state index contributed by atoms with van der Waals surface area (Å²) in [5.41, 5.74) is 7.46. The average Bonchev–Trinajstić information content (AvgIpc) is 4.32. The maximum atomic E-state index is 13.6. The fourth-order valence-electron chi connectivity index (χ4n) is 9.37. The number of hydrogen-bond donors (Lipinski definition) is 0. The minimum Gasteiger partial charge on any atom is -0.427 e. The molecule has 8 rings (SSSR count). The van der Waals surface area contributed by atoms with Crippen molar-refractivity contribution in [1.29, 1.82) is 0 Å². The number of carbonyl (C=O) groups is 4. The topological polar surface area (TPSA) is 241 Å². The van der Waals surface area contributed by atoms with Crippen LogP contribution in [0.5, 0.6) is 23.0 Å². The van der Waals surface area contributed by atoms with Crippen LogP contribution in [0, 0.1) is 0 Å². The zero-order valence-electron chi connectivity index (χ0n) is 52.0. The summed E-state index contributed by atoms with van der Waals surface area (Å²) in [6.45, 7) is 6.15. The van der Waals surface area contributed by atoms with Crippen molar-refractivity contribution in [3.05, 3.63) is 132 Å². The summed E-state index contributed by atoms with van der Waals surface area (Å²) in [5, 5.41) is 34.0. The third-order valence-electron chi connectivity index (χ3n) is 14.2. The van der Waals surface area contributed by atoms with Gasteiger partial charge in [-0.15, -0.1) is 20.4 Å². The van der Waals surface area contributed by atoms with E-state index in [1.165, 1.54) is 0 Å². The zero-order valence-corrected chi connectivity index (χ0v) is 52.0. The zero-order chi connectivity index (χ0) is 62.4. The third kappa shape index (κ3) is 21.2. The van der Waals surface area contributed by atoms with Crippen LogP contribution < -0.4 is 18.9 Å². The highest BCUT2D eigenvalue weighted by atomic mass is 16.5. The molecule has 0 atom stereocenters. The number of aromatic nitrogens is 12. The van der Waals surface area contributed by atoms with E-state index in [0.717, 1.165) is 84.3 Å². The number of esters is 4. The van der Waals surface area contributed by atoms with Crippen molar-refractivity contribution in [2.45, 2.75) is 103 Å². The number of carbonyl (C=O) groups excluding carboxylic acids is 4. The first-order valence-electron chi connectivity index (χ1n) is 29.9. The lowest BCUT2D eigenvalue weighted by Crippen LogP contribution is -2.18. The minimum absolute atomic E-state index is 0.128. The van der Waals surface area contributed by atoms with Crippen molar-refractivity contribution in [3.63, 3.8) is 0 Å². The molecule has 0 bridgehead atoms. The standard InChI is InChI=1S/C64H82N16O8/c1-73(2)33-37-77-43-49(65-69-77)13-9-17-61(81)85-53-25-21-47(22-26-53)57-31-29-55(87-63(83)19-11-15-51-45-79(71-67-51)39-35-75(5)6)41-59(57)60-42-56(88-64(84)20-12-16-52-46-80(72-68-52)40-36-76(7)8)30-32-58(60)48-23-27-54(28-24-48)86-62(82)18-10-14-50-44-78(70-66-50)38-34-74(3)4/h21-32,41-46H,9-20,33-40H2,1-8H3. The largest absolute Gasteiger partial charge is 0.427 e. The lowest BCUT2D eigenvalue weighted by atomic mass is 9.89. The van der Waals surface area contributed by atoms with Crippen LogP contribution in [0.2, 0.25) is 0 Å². The van der Waals surface area contributed by atoms with Gasteiger partial charge in [0.25, 0.3) is 0 Å². The number of likely N-dealkylation sites (N-methyl/N-ethyl adjacent to an activating group) is 4. The lowest BCUT2D eigenvalue weighted by Gasteiger charge is -2.18. The molecule has 0 saturated carbocycles. The summed E-state index contributed by atoms with van der Waals surface area (Å²) in [6.07, 6.45) is 12.6. The van der Waals surface area contributed by atoms with Gasteiger partial charge in [-0.05, 0) is 190 Å². The highest BCUT2D eigenvalue weighted by Crippen LogP contribution is 2.43. The van der Waals surface area contributed by atoms with Gasteiger partial charge in [-0.3, -0.25) is 37.9 Å². The molecular formula is C64H82N16O8. The molecule has 0 N–H and O–H groups in total. The van der Waals surface area contributed by atoms with Crippen LogP contribution >= 0.6 is 0 Å². The minimum atomic E-state index is -0.427. The Morgan fingerprint density at radius 1 is 0.341 bits per heavy atom. The van der Waals surface area contributed by atoms with Gasteiger partial charge in [-0.25, -0.2) is 0 Å². The molecule has 4 heterocycles. The Labute approximate surface area is 514 Å². The molecule has 0 fully saturated rings. The first kappa shape index (κ1) is 65.1. The quantitative estimate of drug-likeness (QED) is 0.0286. The molecule has 4 aromatic carbocycles. The van der Waals surface area contributed by atoms with Gasteiger partial charge in [0.2, 0.25) is 0 Å². The van der Waals surface area contributed by atoms with Crippen molar-refractivity contribution in [3.8, 4) is 56.4 Å². The van der Waals surface area contributed by atoms with Gasteiger partial charge in [0.05, 0.1) is 49.0 Å². The van der Waals surface area contributed by atoms with Gasteiger partial charge in [0.15, 0.2) is 0 Å². The van der Waals surface area contributed by atoms with Gasteiger partial charge in [-0.1, -0.05) is 57.3 Å². The van der Waals surface area contributed by atoms with E-state index in [1.807, 2.05) is 118 Å². The van der Waals surface area contributed by atoms with Crippen LogP contribution in [0.25, 0.3) is 33.4 Å². The molecule has 0 radical (unpaired) electrons. The Balaban J connectivity index is 1.03. The smallest absolute Gasteiger partial charge is 0.311 e. The van der Waals surface area contributed by atoms with Gasteiger partial charge in [0, 0.05) is 76.6 Å².